The number of rotatable bonds is 4. The SMILES string of the molecule is OCc1cccc(OCc2ccc(Br)cc2F)c1. The van der Waals surface area contributed by atoms with Gasteiger partial charge in [-0.1, -0.05) is 34.1 Å². The molecule has 0 unspecified atom stereocenters. The van der Waals surface area contributed by atoms with Gasteiger partial charge in [0.1, 0.15) is 18.2 Å². The van der Waals surface area contributed by atoms with Crippen molar-refractivity contribution in [3.05, 3.63) is 63.9 Å². The Bertz CT molecular complexity index is 543. The summed E-state index contributed by atoms with van der Waals surface area (Å²) in [6.45, 7) is 0.123. The molecule has 2 aromatic rings. The number of hydrogen-bond donors (Lipinski definition) is 1. The van der Waals surface area contributed by atoms with E-state index in [2.05, 4.69) is 15.9 Å². The first kappa shape index (κ1) is 13.1. The quantitative estimate of drug-likeness (QED) is 0.934. The van der Waals surface area contributed by atoms with Crippen LogP contribution in [0.2, 0.25) is 0 Å². The maximum Gasteiger partial charge on any atom is 0.130 e. The molecular formula is C14H12BrFO2. The van der Waals surface area contributed by atoms with Crippen LogP contribution in [0.25, 0.3) is 0 Å². The van der Waals surface area contributed by atoms with Crippen molar-refractivity contribution in [2.75, 3.05) is 0 Å². The lowest BCUT2D eigenvalue weighted by atomic mass is 10.2. The van der Waals surface area contributed by atoms with Crippen molar-refractivity contribution in [2.45, 2.75) is 13.2 Å². The first-order valence-corrected chi connectivity index (χ1v) is 6.25. The van der Waals surface area contributed by atoms with Crippen LogP contribution in [0.3, 0.4) is 0 Å². The van der Waals surface area contributed by atoms with Crippen molar-refractivity contribution in [1.82, 2.24) is 0 Å². The normalized spacial score (nSPS) is 10.4. The summed E-state index contributed by atoms with van der Waals surface area (Å²) < 4.78 is 19.7. The maximum atomic E-state index is 13.5. The van der Waals surface area contributed by atoms with E-state index in [4.69, 9.17) is 9.84 Å². The van der Waals surface area contributed by atoms with E-state index in [1.165, 1.54) is 6.07 Å². The third-order valence-corrected chi connectivity index (χ3v) is 2.98. The molecule has 0 saturated heterocycles. The van der Waals surface area contributed by atoms with E-state index in [0.717, 1.165) is 5.56 Å². The highest BCUT2D eigenvalue weighted by Crippen LogP contribution is 2.19. The standard InChI is InChI=1S/C14H12BrFO2/c15-12-5-4-11(14(16)7-12)9-18-13-3-1-2-10(6-13)8-17/h1-7,17H,8-9H2. The number of aliphatic hydroxyl groups is 1. The summed E-state index contributed by atoms with van der Waals surface area (Å²) in [4.78, 5) is 0. The van der Waals surface area contributed by atoms with Crippen molar-refractivity contribution in [2.24, 2.45) is 0 Å². The zero-order chi connectivity index (χ0) is 13.0. The van der Waals surface area contributed by atoms with Crippen LogP contribution in [0, 0.1) is 5.82 Å². The van der Waals surface area contributed by atoms with Gasteiger partial charge in [-0.15, -0.1) is 0 Å². The molecule has 18 heavy (non-hydrogen) atoms. The Balaban J connectivity index is 2.06. The molecule has 0 spiro atoms. The lowest BCUT2D eigenvalue weighted by Gasteiger charge is -2.08. The number of hydrogen-bond acceptors (Lipinski definition) is 2. The molecule has 0 bridgehead atoms. The van der Waals surface area contributed by atoms with Crippen LogP contribution in [0.15, 0.2) is 46.9 Å². The van der Waals surface area contributed by atoms with Gasteiger partial charge in [0, 0.05) is 10.0 Å². The van der Waals surface area contributed by atoms with E-state index in [9.17, 15) is 4.39 Å². The van der Waals surface area contributed by atoms with E-state index >= 15 is 0 Å². The van der Waals surface area contributed by atoms with E-state index < -0.39 is 0 Å². The molecule has 0 amide bonds. The second-order valence-corrected chi connectivity index (χ2v) is 4.75. The molecule has 0 atom stereocenters. The summed E-state index contributed by atoms with van der Waals surface area (Å²) in [6.07, 6.45) is 0. The van der Waals surface area contributed by atoms with Gasteiger partial charge in [-0.3, -0.25) is 0 Å². The van der Waals surface area contributed by atoms with Gasteiger partial charge < -0.3 is 9.84 Å². The van der Waals surface area contributed by atoms with Gasteiger partial charge in [-0.25, -0.2) is 4.39 Å². The van der Waals surface area contributed by atoms with Gasteiger partial charge in [0.05, 0.1) is 6.61 Å². The molecule has 0 aliphatic heterocycles. The Morgan fingerprint density at radius 2 is 2.00 bits per heavy atom. The second kappa shape index (κ2) is 5.98. The molecule has 0 aromatic heterocycles. The minimum absolute atomic E-state index is 0.0379. The van der Waals surface area contributed by atoms with Crippen LogP contribution in [-0.4, -0.2) is 5.11 Å². The first-order chi connectivity index (χ1) is 8.69. The van der Waals surface area contributed by atoms with Gasteiger partial charge in [-0.05, 0) is 29.8 Å². The summed E-state index contributed by atoms with van der Waals surface area (Å²) in [5, 5.41) is 9.00. The minimum atomic E-state index is -0.303. The molecule has 0 aliphatic rings. The highest BCUT2D eigenvalue weighted by atomic mass is 79.9. The van der Waals surface area contributed by atoms with Crippen LogP contribution < -0.4 is 4.74 Å². The molecule has 0 fully saturated rings. The molecule has 0 saturated carbocycles. The first-order valence-electron chi connectivity index (χ1n) is 5.45. The topological polar surface area (TPSA) is 29.5 Å². The van der Waals surface area contributed by atoms with Crippen LogP contribution in [0.5, 0.6) is 5.75 Å². The molecule has 94 valence electrons. The summed E-state index contributed by atoms with van der Waals surface area (Å²) in [6, 6.07) is 11.9. The Labute approximate surface area is 113 Å². The fourth-order valence-corrected chi connectivity index (χ4v) is 1.87. The third kappa shape index (κ3) is 3.31. The minimum Gasteiger partial charge on any atom is -0.489 e. The number of halogens is 2. The van der Waals surface area contributed by atoms with E-state index in [0.29, 0.717) is 15.8 Å². The highest BCUT2D eigenvalue weighted by Gasteiger charge is 2.04. The lowest BCUT2D eigenvalue weighted by Crippen LogP contribution is -1.99. The zero-order valence-corrected chi connectivity index (χ0v) is 11.2. The fourth-order valence-electron chi connectivity index (χ4n) is 1.53. The molecule has 0 radical (unpaired) electrons. The van der Waals surface area contributed by atoms with Crippen molar-refractivity contribution in [3.8, 4) is 5.75 Å². The molecular weight excluding hydrogens is 299 g/mol. The number of benzene rings is 2. The Kier molecular flexibility index (Phi) is 4.33. The fraction of sp³-hybridized carbons (Fsp3) is 0.143. The van der Waals surface area contributed by atoms with Crippen molar-refractivity contribution in [3.63, 3.8) is 0 Å². The van der Waals surface area contributed by atoms with Gasteiger partial charge in [0.15, 0.2) is 0 Å². The van der Waals surface area contributed by atoms with Crippen molar-refractivity contribution < 1.29 is 14.2 Å². The lowest BCUT2D eigenvalue weighted by molar-refractivity contribution is 0.277. The van der Waals surface area contributed by atoms with Gasteiger partial charge in [0.2, 0.25) is 0 Å². The van der Waals surface area contributed by atoms with E-state index in [-0.39, 0.29) is 19.0 Å². The summed E-state index contributed by atoms with van der Waals surface area (Å²) in [5.74, 6) is 0.312. The molecule has 2 aromatic carbocycles. The van der Waals surface area contributed by atoms with Gasteiger partial charge >= 0.3 is 0 Å². The number of aliphatic hydroxyl groups excluding tert-OH is 1. The average Bonchev–Trinajstić information content (AvgIpc) is 2.38. The smallest absolute Gasteiger partial charge is 0.130 e. The maximum absolute atomic E-state index is 13.5. The second-order valence-electron chi connectivity index (χ2n) is 3.83. The Morgan fingerprint density at radius 3 is 2.72 bits per heavy atom. The Morgan fingerprint density at radius 1 is 1.17 bits per heavy atom. The van der Waals surface area contributed by atoms with Gasteiger partial charge in [-0.2, -0.15) is 0 Å². The molecule has 2 rings (SSSR count). The molecule has 2 nitrogen and oxygen atoms in total. The predicted octanol–water partition coefficient (Wildman–Crippen LogP) is 3.66. The van der Waals surface area contributed by atoms with Crippen LogP contribution in [0.1, 0.15) is 11.1 Å². The van der Waals surface area contributed by atoms with Crippen LogP contribution in [-0.2, 0) is 13.2 Å². The summed E-state index contributed by atoms with van der Waals surface area (Å²) in [7, 11) is 0. The van der Waals surface area contributed by atoms with Crippen molar-refractivity contribution in [1.29, 1.82) is 0 Å². The Hall–Kier alpha value is -1.39. The summed E-state index contributed by atoms with van der Waals surface area (Å²) in [5.41, 5.74) is 1.26. The summed E-state index contributed by atoms with van der Waals surface area (Å²) >= 11 is 3.20. The van der Waals surface area contributed by atoms with Crippen LogP contribution >= 0.6 is 15.9 Å². The monoisotopic (exact) mass is 310 g/mol. The highest BCUT2D eigenvalue weighted by molar-refractivity contribution is 9.10. The molecule has 4 heteroatoms. The molecule has 1 N–H and O–H groups in total. The largest absolute Gasteiger partial charge is 0.489 e. The van der Waals surface area contributed by atoms with Crippen LogP contribution in [0.4, 0.5) is 4.39 Å². The van der Waals surface area contributed by atoms with E-state index in [1.807, 2.05) is 0 Å². The number of ether oxygens (including phenoxy) is 1. The zero-order valence-electron chi connectivity index (χ0n) is 9.57. The predicted molar refractivity (Wildman–Crippen MR) is 70.8 cm³/mol. The molecule has 0 aliphatic carbocycles. The molecule has 0 heterocycles. The average molecular weight is 311 g/mol. The van der Waals surface area contributed by atoms with Gasteiger partial charge in [0.25, 0.3) is 0 Å². The van der Waals surface area contributed by atoms with E-state index in [1.54, 1.807) is 36.4 Å². The van der Waals surface area contributed by atoms with Crippen molar-refractivity contribution >= 4 is 15.9 Å². The third-order valence-electron chi connectivity index (χ3n) is 2.49.